The molecule has 3 N–H and O–H groups in total. The van der Waals surface area contributed by atoms with Gasteiger partial charge < -0.3 is 15.8 Å². The lowest BCUT2D eigenvalue weighted by Crippen LogP contribution is -2.20. The molecular weight excluding hydrogens is 244 g/mol. The Labute approximate surface area is 111 Å². The Morgan fingerprint density at radius 2 is 2.32 bits per heavy atom. The van der Waals surface area contributed by atoms with E-state index in [2.05, 4.69) is 15.2 Å². The quantitative estimate of drug-likeness (QED) is 0.362. The van der Waals surface area contributed by atoms with Crippen LogP contribution in [0.25, 0.3) is 0 Å². The molecule has 0 radical (unpaired) electrons. The van der Waals surface area contributed by atoms with Crippen molar-refractivity contribution >= 4 is 11.7 Å². The minimum atomic E-state index is -0.00312. The third-order valence-electron chi connectivity index (χ3n) is 2.67. The summed E-state index contributed by atoms with van der Waals surface area (Å²) in [5.41, 5.74) is 7.05. The molecule has 2 aromatic heterocycles. The SMILES string of the molecule is CN(Cc1cnn(C)c1)c1cccc(C(N)=NO)n1. The monoisotopic (exact) mass is 260 g/mol. The van der Waals surface area contributed by atoms with Crippen molar-refractivity contribution in [2.45, 2.75) is 6.54 Å². The molecule has 0 saturated carbocycles. The number of aryl methyl sites for hydroxylation is 1. The van der Waals surface area contributed by atoms with Gasteiger partial charge in [-0.25, -0.2) is 4.98 Å². The van der Waals surface area contributed by atoms with Crippen LogP contribution in [0.5, 0.6) is 0 Å². The molecule has 0 saturated heterocycles. The van der Waals surface area contributed by atoms with E-state index in [-0.39, 0.29) is 5.84 Å². The van der Waals surface area contributed by atoms with E-state index in [0.717, 1.165) is 11.4 Å². The maximum absolute atomic E-state index is 8.65. The third kappa shape index (κ3) is 3.01. The summed E-state index contributed by atoms with van der Waals surface area (Å²) in [7, 11) is 3.80. The van der Waals surface area contributed by atoms with Crippen molar-refractivity contribution in [3.8, 4) is 0 Å². The van der Waals surface area contributed by atoms with Gasteiger partial charge in [0.25, 0.3) is 0 Å². The van der Waals surface area contributed by atoms with Crippen molar-refractivity contribution in [2.75, 3.05) is 11.9 Å². The van der Waals surface area contributed by atoms with E-state index < -0.39 is 0 Å². The van der Waals surface area contributed by atoms with E-state index in [4.69, 9.17) is 10.9 Å². The van der Waals surface area contributed by atoms with Crippen LogP contribution in [0.15, 0.2) is 35.7 Å². The first-order chi connectivity index (χ1) is 9.10. The van der Waals surface area contributed by atoms with Crippen molar-refractivity contribution in [3.05, 3.63) is 41.9 Å². The van der Waals surface area contributed by atoms with Gasteiger partial charge in [-0.15, -0.1) is 0 Å². The van der Waals surface area contributed by atoms with Gasteiger partial charge in [0.15, 0.2) is 5.84 Å². The average Bonchev–Trinajstić information content (AvgIpc) is 2.83. The van der Waals surface area contributed by atoms with Gasteiger partial charge in [0, 0.05) is 32.4 Å². The van der Waals surface area contributed by atoms with Crippen LogP contribution in [0.2, 0.25) is 0 Å². The van der Waals surface area contributed by atoms with Gasteiger partial charge in [-0.1, -0.05) is 11.2 Å². The van der Waals surface area contributed by atoms with E-state index in [1.807, 2.05) is 43.5 Å². The van der Waals surface area contributed by atoms with Crippen LogP contribution in [-0.2, 0) is 13.6 Å². The molecule has 0 aliphatic heterocycles. The van der Waals surface area contributed by atoms with Crippen molar-refractivity contribution in [3.63, 3.8) is 0 Å². The standard InChI is InChI=1S/C12H16N6O/c1-17(7-9-6-14-18(2)8-9)11-5-3-4-10(15-11)12(13)16-19/h3-6,8,19H,7H2,1-2H3,(H2,13,16). The van der Waals surface area contributed by atoms with E-state index in [1.54, 1.807) is 10.7 Å². The van der Waals surface area contributed by atoms with Gasteiger partial charge in [-0.05, 0) is 12.1 Å². The Bertz CT molecular complexity index is 591. The lowest BCUT2D eigenvalue weighted by atomic mass is 10.3. The molecule has 0 unspecified atom stereocenters. The molecule has 0 atom stereocenters. The molecule has 19 heavy (non-hydrogen) atoms. The molecule has 0 aromatic carbocycles. The highest BCUT2D eigenvalue weighted by Crippen LogP contribution is 2.13. The first-order valence-electron chi connectivity index (χ1n) is 5.74. The fraction of sp³-hybridized carbons (Fsp3) is 0.250. The van der Waals surface area contributed by atoms with E-state index in [9.17, 15) is 0 Å². The molecule has 0 spiro atoms. The van der Waals surface area contributed by atoms with Crippen LogP contribution in [-0.4, -0.2) is 32.9 Å². The average molecular weight is 260 g/mol. The highest BCUT2D eigenvalue weighted by atomic mass is 16.4. The second-order valence-electron chi connectivity index (χ2n) is 4.24. The number of oxime groups is 1. The van der Waals surface area contributed by atoms with Crippen molar-refractivity contribution in [2.24, 2.45) is 17.9 Å². The minimum Gasteiger partial charge on any atom is -0.409 e. The molecule has 0 aliphatic carbocycles. The Morgan fingerprint density at radius 3 is 2.95 bits per heavy atom. The first kappa shape index (κ1) is 12.9. The van der Waals surface area contributed by atoms with Gasteiger partial charge in [0.05, 0.1) is 6.20 Å². The van der Waals surface area contributed by atoms with E-state index >= 15 is 0 Å². The molecule has 100 valence electrons. The highest BCUT2D eigenvalue weighted by molar-refractivity contribution is 5.95. The lowest BCUT2D eigenvalue weighted by molar-refractivity contribution is 0.318. The summed E-state index contributed by atoms with van der Waals surface area (Å²) in [5, 5.41) is 15.7. The Morgan fingerprint density at radius 1 is 1.53 bits per heavy atom. The fourth-order valence-corrected chi connectivity index (χ4v) is 1.74. The van der Waals surface area contributed by atoms with Gasteiger partial charge in [0.2, 0.25) is 0 Å². The zero-order valence-electron chi connectivity index (χ0n) is 10.9. The zero-order valence-corrected chi connectivity index (χ0v) is 10.9. The number of nitrogens with two attached hydrogens (primary N) is 1. The number of pyridine rings is 1. The summed E-state index contributed by atoms with van der Waals surface area (Å²) in [6.45, 7) is 0.681. The second-order valence-corrected chi connectivity index (χ2v) is 4.24. The predicted molar refractivity (Wildman–Crippen MR) is 72.1 cm³/mol. The maximum atomic E-state index is 8.65. The van der Waals surface area contributed by atoms with Gasteiger partial charge in [0.1, 0.15) is 11.5 Å². The van der Waals surface area contributed by atoms with Crippen LogP contribution in [0.3, 0.4) is 0 Å². The number of rotatable bonds is 4. The topological polar surface area (TPSA) is 92.6 Å². The van der Waals surface area contributed by atoms with Gasteiger partial charge in [-0.3, -0.25) is 4.68 Å². The van der Waals surface area contributed by atoms with E-state index in [0.29, 0.717) is 12.2 Å². The molecule has 0 bridgehead atoms. The predicted octanol–water partition coefficient (Wildman–Crippen LogP) is 0.546. The van der Waals surface area contributed by atoms with Gasteiger partial charge >= 0.3 is 0 Å². The van der Waals surface area contributed by atoms with Crippen LogP contribution in [0.4, 0.5) is 5.82 Å². The van der Waals surface area contributed by atoms with Crippen LogP contribution < -0.4 is 10.6 Å². The molecule has 2 heterocycles. The number of anilines is 1. The van der Waals surface area contributed by atoms with Gasteiger partial charge in [-0.2, -0.15) is 5.10 Å². The Balaban J connectivity index is 2.17. The number of nitrogens with zero attached hydrogens (tertiary/aromatic N) is 5. The number of hydrogen-bond acceptors (Lipinski definition) is 5. The number of amidine groups is 1. The molecule has 2 rings (SSSR count). The fourth-order valence-electron chi connectivity index (χ4n) is 1.74. The highest BCUT2D eigenvalue weighted by Gasteiger charge is 2.07. The second kappa shape index (κ2) is 5.38. The van der Waals surface area contributed by atoms with Crippen molar-refractivity contribution in [1.29, 1.82) is 0 Å². The third-order valence-corrected chi connectivity index (χ3v) is 2.67. The van der Waals surface area contributed by atoms with Crippen LogP contribution >= 0.6 is 0 Å². The number of aromatic nitrogens is 3. The summed E-state index contributed by atoms with van der Waals surface area (Å²) < 4.78 is 1.75. The lowest BCUT2D eigenvalue weighted by Gasteiger charge is -2.17. The molecule has 0 amide bonds. The molecular formula is C12H16N6O. The summed E-state index contributed by atoms with van der Waals surface area (Å²) in [4.78, 5) is 6.29. The minimum absolute atomic E-state index is 0.00312. The summed E-state index contributed by atoms with van der Waals surface area (Å²) in [6, 6.07) is 5.37. The number of hydrogen-bond donors (Lipinski definition) is 2. The Hall–Kier alpha value is -2.57. The zero-order chi connectivity index (χ0) is 13.8. The summed E-state index contributed by atoms with van der Waals surface area (Å²) in [5.74, 6) is 0.740. The largest absolute Gasteiger partial charge is 0.409 e. The molecule has 0 aliphatic rings. The summed E-state index contributed by atoms with van der Waals surface area (Å²) in [6.07, 6.45) is 3.76. The molecule has 0 fully saturated rings. The smallest absolute Gasteiger partial charge is 0.188 e. The maximum Gasteiger partial charge on any atom is 0.188 e. The normalized spacial score (nSPS) is 11.6. The van der Waals surface area contributed by atoms with Crippen LogP contribution in [0, 0.1) is 0 Å². The van der Waals surface area contributed by atoms with Crippen LogP contribution in [0.1, 0.15) is 11.3 Å². The Kier molecular flexibility index (Phi) is 3.65. The van der Waals surface area contributed by atoms with E-state index in [1.165, 1.54) is 0 Å². The molecule has 2 aromatic rings. The molecule has 7 heteroatoms. The summed E-state index contributed by atoms with van der Waals surface area (Å²) >= 11 is 0. The first-order valence-corrected chi connectivity index (χ1v) is 5.74. The van der Waals surface area contributed by atoms with Crippen molar-refractivity contribution < 1.29 is 5.21 Å². The molecule has 7 nitrogen and oxygen atoms in total. The van der Waals surface area contributed by atoms with Crippen molar-refractivity contribution in [1.82, 2.24) is 14.8 Å².